The molecule has 1 aliphatic rings. The average Bonchev–Trinajstić information content (AvgIpc) is 3.05. The van der Waals surface area contributed by atoms with E-state index in [-0.39, 0.29) is 11.5 Å². The van der Waals surface area contributed by atoms with Crippen LogP contribution in [-0.2, 0) is 15.4 Å². The van der Waals surface area contributed by atoms with Crippen molar-refractivity contribution in [1.29, 1.82) is 0 Å². The van der Waals surface area contributed by atoms with E-state index in [1.807, 2.05) is 19.1 Å². The monoisotopic (exact) mass is 357 g/mol. The van der Waals surface area contributed by atoms with Crippen LogP contribution in [0.2, 0.25) is 0 Å². The minimum absolute atomic E-state index is 0.0143. The minimum atomic E-state index is -3.48. The van der Waals surface area contributed by atoms with E-state index in [1.54, 1.807) is 16.4 Å². The molecule has 0 unspecified atom stereocenters. The van der Waals surface area contributed by atoms with E-state index in [0.717, 1.165) is 24.0 Å². The van der Waals surface area contributed by atoms with Gasteiger partial charge in [-0.2, -0.15) is 4.31 Å². The van der Waals surface area contributed by atoms with Crippen molar-refractivity contribution in [2.45, 2.75) is 56.9 Å². The molecular formula is C21H27NO2S. The second-order valence-electron chi connectivity index (χ2n) is 7.96. The Labute approximate surface area is 151 Å². The highest BCUT2D eigenvalue weighted by Crippen LogP contribution is 2.37. The van der Waals surface area contributed by atoms with E-state index >= 15 is 0 Å². The van der Waals surface area contributed by atoms with Gasteiger partial charge in [-0.3, -0.25) is 0 Å². The molecule has 0 aromatic heterocycles. The van der Waals surface area contributed by atoms with Gasteiger partial charge in [-0.1, -0.05) is 62.7 Å². The number of nitrogens with zero attached hydrogens (tertiary/aromatic N) is 1. The van der Waals surface area contributed by atoms with Gasteiger partial charge in [-0.15, -0.1) is 0 Å². The Hall–Kier alpha value is -1.65. The Morgan fingerprint density at radius 2 is 1.56 bits per heavy atom. The summed E-state index contributed by atoms with van der Waals surface area (Å²) in [6.07, 6.45) is 1.78. The smallest absolute Gasteiger partial charge is 0.207 e. The number of aryl methyl sites for hydroxylation is 1. The van der Waals surface area contributed by atoms with Crippen LogP contribution in [0.5, 0.6) is 0 Å². The third-order valence-electron chi connectivity index (χ3n) is 4.99. The molecule has 134 valence electrons. The van der Waals surface area contributed by atoms with Gasteiger partial charge in [0.15, 0.2) is 0 Å². The van der Waals surface area contributed by atoms with Crippen LogP contribution >= 0.6 is 0 Å². The van der Waals surface area contributed by atoms with Crippen LogP contribution < -0.4 is 0 Å². The third-order valence-corrected chi connectivity index (χ3v) is 6.92. The van der Waals surface area contributed by atoms with Gasteiger partial charge in [0.25, 0.3) is 0 Å². The van der Waals surface area contributed by atoms with E-state index in [0.29, 0.717) is 11.4 Å². The van der Waals surface area contributed by atoms with Crippen LogP contribution in [-0.4, -0.2) is 19.3 Å². The Morgan fingerprint density at radius 1 is 0.960 bits per heavy atom. The van der Waals surface area contributed by atoms with Crippen molar-refractivity contribution in [2.75, 3.05) is 6.54 Å². The number of hydrogen-bond acceptors (Lipinski definition) is 2. The molecule has 0 spiro atoms. The van der Waals surface area contributed by atoms with E-state index < -0.39 is 10.0 Å². The predicted molar refractivity (Wildman–Crippen MR) is 102 cm³/mol. The molecule has 3 nitrogen and oxygen atoms in total. The zero-order chi connectivity index (χ0) is 18.2. The van der Waals surface area contributed by atoms with Crippen LogP contribution in [0.1, 0.15) is 56.3 Å². The molecule has 1 fully saturated rings. The first kappa shape index (κ1) is 18.2. The van der Waals surface area contributed by atoms with Gasteiger partial charge in [0, 0.05) is 6.54 Å². The lowest BCUT2D eigenvalue weighted by Gasteiger charge is -2.25. The van der Waals surface area contributed by atoms with Crippen LogP contribution in [0, 0.1) is 6.92 Å². The van der Waals surface area contributed by atoms with E-state index in [4.69, 9.17) is 0 Å². The summed E-state index contributed by atoms with van der Waals surface area (Å²) in [7, 11) is -3.48. The van der Waals surface area contributed by atoms with Crippen LogP contribution in [0.25, 0.3) is 0 Å². The SMILES string of the molecule is Cc1ccc([C@@H]2CCCN2S(=O)(=O)c2ccc(C(C)(C)C)cc2)cc1. The molecule has 0 amide bonds. The predicted octanol–water partition coefficient (Wildman–Crippen LogP) is 4.82. The summed E-state index contributed by atoms with van der Waals surface area (Å²) in [6, 6.07) is 15.5. The van der Waals surface area contributed by atoms with Crippen LogP contribution in [0.3, 0.4) is 0 Å². The molecule has 0 saturated carbocycles. The van der Waals surface area contributed by atoms with Crippen molar-refractivity contribution in [1.82, 2.24) is 4.31 Å². The number of benzene rings is 2. The van der Waals surface area contributed by atoms with Gasteiger partial charge >= 0.3 is 0 Å². The molecule has 0 aliphatic carbocycles. The molecular weight excluding hydrogens is 330 g/mol. The zero-order valence-corrected chi connectivity index (χ0v) is 16.3. The van der Waals surface area contributed by atoms with Crippen molar-refractivity contribution in [3.8, 4) is 0 Å². The number of hydrogen-bond donors (Lipinski definition) is 0. The summed E-state index contributed by atoms with van der Waals surface area (Å²) in [6.45, 7) is 9.02. The lowest BCUT2D eigenvalue weighted by atomic mass is 9.87. The topological polar surface area (TPSA) is 37.4 Å². The van der Waals surface area contributed by atoms with Gasteiger partial charge in [0.05, 0.1) is 10.9 Å². The molecule has 0 radical (unpaired) electrons. The largest absolute Gasteiger partial charge is 0.243 e. The van der Waals surface area contributed by atoms with E-state index in [2.05, 4.69) is 45.0 Å². The van der Waals surface area contributed by atoms with Crippen LogP contribution in [0.15, 0.2) is 53.4 Å². The molecule has 2 aromatic rings. The van der Waals surface area contributed by atoms with Crippen LogP contribution in [0.4, 0.5) is 0 Å². The summed E-state index contributed by atoms with van der Waals surface area (Å²) < 4.78 is 28.0. The molecule has 3 rings (SSSR count). The molecule has 1 atom stereocenters. The average molecular weight is 358 g/mol. The normalized spacial score (nSPS) is 19.3. The van der Waals surface area contributed by atoms with Crippen molar-refractivity contribution < 1.29 is 8.42 Å². The highest BCUT2D eigenvalue weighted by molar-refractivity contribution is 7.89. The Kier molecular flexibility index (Phi) is 4.78. The second-order valence-corrected chi connectivity index (χ2v) is 9.85. The standard InChI is InChI=1S/C21H27NO2S/c1-16-7-9-17(10-8-16)20-6-5-15-22(20)25(23,24)19-13-11-18(12-14-19)21(2,3)4/h7-14,20H,5-6,15H2,1-4H3/t20-/m0/s1. The van der Waals surface area contributed by atoms with Gasteiger partial charge in [-0.25, -0.2) is 8.42 Å². The highest BCUT2D eigenvalue weighted by atomic mass is 32.2. The fourth-order valence-corrected chi connectivity index (χ4v) is 5.09. The second kappa shape index (κ2) is 6.58. The maximum atomic E-state index is 13.2. The first-order chi connectivity index (χ1) is 11.7. The zero-order valence-electron chi connectivity index (χ0n) is 15.5. The minimum Gasteiger partial charge on any atom is -0.207 e. The quantitative estimate of drug-likeness (QED) is 0.790. The molecule has 4 heteroatoms. The molecule has 0 N–H and O–H groups in total. The summed E-state index contributed by atoms with van der Waals surface area (Å²) in [5.41, 5.74) is 3.43. The molecule has 2 aromatic carbocycles. The summed E-state index contributed by atoms with van der Waals surface area (Å²) >= 11 is 0. The molecule has 25 heavy (non-hydrogen) atoms. The van der Waals surface area contributed by atoms with E-state index in [9.17, 15) is 8.42 Å². The summed E-state index contributed by atoms with van der Waals surface area (Å²) in [4.78, 5) is 0.388. The van der Waals surface area contributed by atoms with Crippen molar-refractivity contribution >= 4 is 10.0 Å². The first-order valence-corrected chi connectivity index (χ1v) is 10.3. The van der Waals surface area contributed by atoms with Gasteiger partial charge in [0.2, 0.25) is 10.0 Å². The van der Waals surface area contributed by atoms with Crippen molar-refractivity contribution in [3.63, 3.8) is 0 Å². The Balaban J connectivity index is 1.92. The maximum absolute atomic E-state index is 13.2. The van der Waals surface area contributed by atoms with Crippen molar-refractivity contribution in [2.24, 2.45) is 0 Å². The number of sulfonamides is 1. The Morgan fingerprint density at radius 3 is 2.12 bits per heavy atom. The van der Waals surface area contributed by atoms with E-state index in [1.165, 1.54) is 5.56 Å². The molecule has 1 aliphatic heterocycles. The summed E-state index contributed by atoms with van der Waals surface area (Å²) in [5.74, 6) is 0. The van der Waals surface area contributed by atoms with Gasteiger partial charge < -0.3 is 0 Å². The third kappa shape index (κ3) is 3.65. The highest BCUT2D eigenvalue weighted by Gasteiger charge is 2.36. The first-order valence-electron chi connectivity index (χ1n) is 8.88. The fraction of sp³-hybridized carbons (Fsp3) is 0.429. The lowest BCUT2D eigenvalue weighted by Crippen LogP contribution is -2.30. The Bertz CT molecular complexity index is 831. The molecule has 1 heterocycles. The van der Waals surface area contributed by atoms with Crippen molar-refractivity contribution in [3.05, 3.63) is 65.2 Å². The maximum Gasteiger partial charge on any atom is 0.243 e. The van der Waals surface area contributed by atoms with Gasteiger partial charge in [0.1, 0.15) is 0 Å². The molecule has 0 bridgehead atoms. The lowest BCUT2D eigenvalue weighted by molar-refractivity contribution is 0.396. The number of rotatable bonds is 3. The fourth-order valence-electron chi connectivity index (χ4n) is 3.41. The molecule has 1 saturated heterocycles. The summed E-state index contributed by atoms with van der Waals surface area (Å²) in [5, 5.41) is 0. The van der Waals surface area contributed by atoms with Gasteiger partial charge in [-0.05, 0) is 48.4 Å².